The molecule has 12 heavy (non-hydrogen) atoms. The van der Waals surface area contributed by atoms with Gasteiger partial charge in [0.15, 0.2) is 0 Å². The average Bonchev–Trinajstić information content (AvgIpc) is 2.64. The largest absolute Gasteiger partial charge is 0.373 e. The Morgan fingerprint density at radius 3 is 2.92 bits per heavy atom. The molecule has 0 aromatic heterocycles. The van der Waals surface area contributed by atoms with Crippen LogP contribution in [0.5, 0.6) is 0 Å². The van der Waals surface area contributed by atoms with Crippen molar-refractivity contribution in [2.24, 2.45) is 0 Å². The standard InChI is InChI=1S/C9H11NO2/c1-2-9(11)10-7-5-6-3-4-8(7)12-6/h1,6-8H,3-5H2,(H,10,11). The summed E-state index contributed by atoms with van der Waals surface area (Å²) in [6.45, 7) is 0. The topological polar surface area (TPSA) is 38.3 Å². The SMILES string of the molecule is C#CC(=O)NC1CC2CCC1O2. The van der Waals surface area contributed by atoms with Crippen LogP contribution in [0.3, 0.4) is 0 Å². The van der Waals surface area contributed by atoms with Gasteiger partial charge in [0.05, 0.1) is 18.2 Å². The van der Waals surface area contributed by atoms with Crippen LogP contribution in [0.15, 0.2) is 0 Å². The fraction of sp³-hybridized carbons (Fsp3) is 0.667. The van der Waals surface area contributed by atoms with Crippen LogP contribution < -0.4 is 5.32 Å². The van der Waals surface area contributed by atoms with Gasteiger partial charge >= 0.3 is 0 Å². The highest BCUT2D eigenvalue weighted by Gasteiger charge is 2.41. The van der Waals surface area contributed by atoms with Gasteiger partial charge in [-0.3, -0.25) is 4.79 Å². The molecule has 3 unspecified atom stereocenters. The Bertz CT molecular complexity index is 243. The molecule has 2 fully saturated rings. The quantitative estimate of drug-likeness (QED) is 0.558. The molecular formula is C9H11NO2. The van der Waals surface area contributed by atoms with Crippen LogP contribution in [-0.4, -0.2) is 24.2 Å². The monoisotopic (exact) mass is 165 g/mol. The summed E-state index contributed by atoms with van der Waals surface area (Å²) in [5.74, 6) is 1.72. The number of fused-ring (bicyclic) bond motifs is 2. The van der Waals surface area contributed by atoms with Crippen molar-refractivity contribution in [3.8, 4) is 12.3 Å². The zero-order valence-corrected chi connectivity index (χ0v) is 6.75. The molecule has 2 aliphatic heterocycles. The number of terminal acetylenes is 1. The zero-order valence-electron chi connectivity index (χ0n) is 6.75. The number of amides is 1. The molecule has 2 aliphatic rings. The van der Waals surface area contributed by atoms with Crippen LogP contribution in [0.25, 0.3) is 0 Å². The molecule has 0 radical (unpaired) electrons. The predicted molar refractivity (Wildman–Crippen MR) is 43.3 cm³/mol. The van der Waals surface area contributed by atoms with Gasteiger partial charge in [-0.25, -0.2) is 0 Å². The van der Waals surface area contributed by atoms with E-state index in [4.69, 9.17) is 11.2 Å². The third-order valence-electron chi connectivity index (χ3n) is 2.55. The van der Waals surface area contributed by atoms with Gasteiger partial charge in [-0.05, 0) is 25.2 Å². The predicted octanol–water partition coefficient (Wildman–Crippen LogP) is 0.0557. The van der Waals surface area contributed by atoms with Crippen molar-refractivity contribution in [2.45, 2.75) is 37.5 Å². The van der Waals surface area contributed by atoms with E-state index < -0.39 is 0 Å². The highest BCUT2D eigenvalue weighted by Crippen LogP contribution is 2.34. The van der Waals surface area contributed by atoms with Crippen molar-refractivity contribution in [3.05, 3.63) is 0 Å². The van der Waals surface area contributed by atoms with Crippen LogP contribution in [-0.2, 0) is 9.53 Å². The van der Waals surface area contributed by atoms with Gasteiger partial charge in [0.25, 0.3) is 5.91 Å². The van der Waals surface area contributed by atoms with Crippen LogP contribution in [0.1, 0.15) is 19.3 Å². The van der Waals surface area contributed by atoms with Gasteiger partial charge in [-0.15, -0.1) is 6.42 Å². The first-order valence-corrected chi connectivity index (χ1v) is 4.22. The van der Waals surface area contributed by atoms with Gasteiger partial charge in [0, 0.05) is 0 Å². The van der Waals surface area contributed by atoms with Crippen molar-refractivity contribution in [1.82, 2.24) is 5.32 Å². The Morgan fingerprint density at radius 2 is 2.42 bits per heavy atom. The third-order valence-corrected chi connectivity index (χ3v) is 2.55. The first-order chi connectivity index (χ1) is 5.79. The van der Waals surface area contributed by atoms with E-state index in [9.17, 15) is 4.79 Å². The van der Waals surface area contributed by atoms with Crippen LogP contribution in [0, 0.1) is 12.3 Å². The summed E-state index contributed by atoms with van der Waals surface area (Å²) >= 11 is 0. The molecule has 2 saturated heterocycles. The summed E-state index contributed by atoms with van der Waals surface area (Å²) in [6, 6.07) is 0.160. The van der Waals surface area contributed by atoms with E-state index in [1.165, 1.54) is 0 Å². The number of hydrogen-bond donors (Lipinski definition) is 1. The van der Waals surface area contributed by atoms with Crippen molar-refractivity contribution in [3.63, 3.8) is 0 Å². The maximum absolute atomic E-state index is 10.8. The molecular weight excluding hydrogens is 154 g/mol. The molecule has 3 nitrogen and oxygen atoms in total. The van der Waals surface area contributed by atoms with Crippen LogP contribution >= 0.6 is 0 Å². The molecule has 0 saturated carbocycles. The lowest BCUT2D eigenvalue weighted by Crippen LogP contribution is -2.40. The molecule has 2 rings (SSSR count). The fourth-order valence-electron chi connectivity index (χ4n) is 2.00. The Labute approximate surface area is 71.5 Å². The first-order valence-electron chi connectivity index (χ1n) is 4.22. The van der Waals surface area contributed by atoms with Crippen molar-refractivity contribution in [2.75, 3.05) is 0 Å². The lowest BCUT2D eigenvalue weighted by atomic mass is 9.95. The van der Waals surface area contributed by atoms with E-state index in [0.29, 0.717) is 6.10 Å². The second-order valence-corrected chi connectivity index (χ2v) is 3.33. The van der Waals surface area contributed by atoms with Crippen molar-refractivity contribution >= 4 is 5.91 Å². The van der Waals surface area contributed by atoms with Gasteiger partial charge in [0.1, 0.15) is 0 Å². The summed E-state index contributed by atoms with van der Waals surface area (Å²) in [6.07, 6.45) is 8.64. The number of hydrogen-bond acceptors (Lipinski definition) is 2. The van der Waals surface area contributed by atoms with Crippen molar-refractivity contribution < 1.29 is 9.53 Å². The Morgan fingerprint density at radius 1 is 1.58 bits per heavy atom. The molecule has 1 N–H and O–H groups in total. The van der Waals surface area contributed by atoms with Gasteiger partial charge < -0.3 is 10.1 Å². The van der Waals surface area contributed by atoms with Crippen LogP contribution in [0.2, 0.25) is 0 Å². The summed E-state index contributed by atoms with van der Waals surface area (Å²) in [5, 5.41) is 2.76. The number of ether oxygens (including phenoxy) is 1. The Balaban J connectivity index is 1.91. The van der Waals surface area contributed by atoms with Gasteiger partial charge in [0.2, 0.25) is 0 Å². The minimum atomic E-state index is -0.323. The summed E-state index contributed by atoms with van der Waals surface area (Å²) in [5.41, 5.74) is 0. The maximum atomic E-state index is 10.8. The Hall–Kier alpha value is -1.01. The van der Waals surface area contributed by atoms with E-state index in [2.05, 4.69) is 5.32 Å². The molecule has 0 spiro atoms. The first kappa shape index (κ1) is 7.63. The molecule has 1 amide bonds. The third kappa shape index (κ3) is 1.19. The number of carbonyl (C=O) groups is 1. The number of nitrogens with one attached hydrogen (secondary N) is 1. The molecule has 3 heteroatoms. The molecule has 0 aliphatic carbocycles. The molecule has 64 valence electrons. The molecule has 2 bridgehead atoms. The summed E-state index contributed by atoms with van der Waals surface area (Å²) < 4.78 is 5.55. The second kappa shape index (κ2) is 2.80. The molecule has 2 heterocycles. The summed E-state index contributed by atoms with van der Waals surface area (Å²) in [4.78, 5) is 10.8. The average molecular weight is 165 g/mol. The van der Waals surface area contributed by atoms with E-state index in [0.717, 1.165) is 19.3 Å². The normalized spacial score (nSPS) is 37.8. The van der Waals surface area contributed by atoms with E-state index in [1.807, 2.05) is 5.92 Å². The number of carbonyl (C=O) groups excluding carboxylic acids is 1. The maximum Gasteiger partial charge on any atom is 0.295 e. The zero-order chi connectivity index (χ0) is 8.55. The molecule has 0 aromatic carbocycles. The lowest BCUT2D eigenvalue weighted by Gasteiger charge is -2.18. The van der Waals surface area contributed by atoms with Crippen molar-refractivity contribution in [1.29, 1.82) is 0 Å². The highest BCUT2D eigenvalue weighted by molar-refractivity contribution is 5.93. The lowest BCUT2D eigenvalue weighted by molar-refractivity contribution is -0.116. The fourth-order valence-corrected chi connectivity index (χ4v) is 2.00. The highest BCUT2D eigenvalue weighted by atomic mass is 16.5. The molecule has 3 atom stereocenters. The second-order valence-electron chi connectivity index (χ2n) is 3.33. The van der Waals surface area contributed by atoms with Gasteiger partial charge in [-0.2, -0.15) is 0 Å². The van der Waals surface area contributed by atoms with E-state index in [1.54, 1.807) is 0 Å². The molecule has 0 aromatic rings. The minimum Gasteiger partial charge on any atom is -0.373 e. The van der Waals surface area contributed by atoms with Gasteiger partial charge in [-0.1, -0.05) is 0 Å². The van der Waals surface area contributed by atoms with E-state index >= 15 is 0 Å². The van der Waals surface area contributed by atoms with E-state index in [-0.39, 0.29) is 18.1 Å². The Kier molecular flexibility index (Phi) is 1.78. The minimum absolute atomic E-state index is 0.160. The smallest absolute Gasteiger partial charge is 0.295 e. The van der Waals surface area contributed by atoms with Crippen LogP contribution in [0.4, 0.5) is 0 Å². The summed E-state index contributed by atoms with van der Waals surface area (Å²) in [7, 11) is 0. The number of rotatable bonds is 1.